The van der Waals surface area contributed by atoms with Crippen molar-refractivity contribution in [3.63, 3.8) is 0 Å². The lowest BCUT2D eigenvalue weighted by molar-refractivity contribution is -0.121. The average molecular weight is 191 g/mol. The van der Waals surface area contributed by atoms with Crippen LogP contribution in [0.2, 0.25) is 0 Å². The van der Waals surface area contributed by atoms with Crippen LogP contribution in [0.4, 0.5) is 0 Å². The molecule has 0 saturated carbocycles. The Morgan fingerprint density at radius 1 is 1.67 bits per heavy atom. The Kier molecular flexibility index (Phi) is 7.29. The fourth-order valence-corrected chi connectivity index (χ4v) is 0.988. The predicted octanol–water partition coefficient (Wildman–Crippen LogP) is 0.847. The molecule has 0 saturated heterocycles. The second kappa shape index (κ2) is 7.43. The van der Waals surface area contributed by atoms with Gasteiger partial charge < -0.3 is 10.1 Å². The van der Waals surface area contributed by atoms with Crippen LogP contribution in [0.3, 0.4) is 0 Å². The SMILES string of the molecule is CCOCC(C)NC(=O)CCS. The third kappa shape index (κ3) is 6.49. The third-order valence-electron chi connectivity index (χ3n) is 1.32. The van der Waals surface area contributed by atoms with Gasteiger partial charge in [0, 0.05) is 19.1 Å². The van der Waals surface area contributed by atoms with Crippen molar-refractivity contribution >= 4 is 18.5 Å². The smallest absolute Gasteiger partial charge is 0.221 e. The molecule has 0 aromatic heterocycles. The molecular formula is C8H17NO2S. The van der Waals surface area contributed by atoms with Gasteiger partial charge in [0.25, 0.3) is 0 Å². The van der Waals surface area contributed by atoms with E-state index in [1.807, 2.05) is 13.8 Å². The van der Waals surface area contributed by atoms with Crippen LogP contribution in [0.15, 0.2) is 0 Å². The molecule has 1 N–H and O–H groups in total. The van der Waals surface area contributed by atoms with Gasteiger partial charge >= 0.3 is 0 Å². The number of thiol groups is 1. The molecule has 0 aromatic carbocycles. The summed E-state index contributed by atoms with van der Waals surface area (Å²) in [5.74, 6) is 0.630. The molecule has 0 aliphatic carbocycles. The molecular weight excluding hydrogens is 174 g/mol. The van der Waals surface area contributed by atoms with Gasteiger partial charge in [-0.1, -0.05) is 0 Å². The molecule has 0 aliphatic heterocycles. The molecule has 0 aliphatic rings. The molecule has 1 unspecified atom stereocenters. The topological polar surface area (TPSA) is 38.3 Å². The van der Waals surface area contributed by atoms with E-state index in [0.29, 0.717) is 25.4 Å². The van der Waals surface area contributed by atoms with Crippen LogP contribution >= 0.6 is 12.6 Å². The van der Waals surface area contributed by atoms with Crippen molar-refractivity contribution in [2.24, 2.45) is 0 Å². The largest absolute Gasteiger partial charge is 0.380 e. The summed E-state index contributed by atoms with van der Waals surface area (Å²) < 4.78 is 5.14. The first kappa shape index (κ1) is 11.8. The fraction of sp³-hybridized carbons (Fsp3) is 0.875. The highest BCUT2D eigenvalue weighted by Gasteiger charge is 2.05. The normalized spacial score (nSPS) is 12.6. The van der Waals surface area contributed by atoms with Crippen LogP contribution in [0.5, 0.6) is 0 Å². The van der Waals surface area contributed by atoms with Gasteiger partial charge in [0.2, 0.25) is 5.91 Å². The molecule has 72 valence electrons. The minimum Gasteiger partial charge on any atom is -0.380 e. The van der Waals surface area contributed by atoms with Crippen molar-refractivity contribution in [2.45, 2.75) is 26.3 Å². The molecule has 0 radical (unpaired) electrons. The van der Waals surface area contributed by atoms with Crippen molar-refractivity contribution in [2.75, 3.05) is 19.0 Å². The summed E-state index contributed by atoms with van der Waals surface area (Å²) >= 11 is 3.96. The van der Waals surface area contributed by atoms with Crippen LogP contribution in [0.25, 0.3) is 0 Å². The van der Waals surface area contributed by atoms with Crippen molar-refractivity contribution in [1.29, 1.82) is 0 Å². The summed E-state index contributed by atoms with van der Waals surface area (Å²) in [7, 11) is 0. The summed E-state index contributed by atoms with van der Waals surface area (Å²) in [5, 5.41) is 2.80. The van der Waals surface area contributed by atoms with Gasteiger partial charge in [0.1, 0.15) is 0 Å². The van der Waals surface area contributed by atoms with E-state index in [1.165, 1.54) is 0 Å². The third-order valence-corrected chi connectivity index (χ3v) is 1.54. The Morgan fingerprint density at radius 2 is 2.33 bits per heavy atom. The Morgan fingerprint density at radius 3 is 2.83 bits per heavy atom. The van der Waals surface area contributed by atoms with Crippen LogP contribution in [-0.2, 0) is 9.53 Å². The van der Waals surface area contributed by atoms with E-state index in [4.69, 9.17) is 4.74 Å². The van der Waals surface area contributed by atoms with E-state index in [2.05, 4.69) is 17.9 Å². The van der Waals surface area contributed by atoms with Gasteiger partial charge in [-0.15, -0.1) is 0 Å². The highest BCUT2D eigenvalue weighted by atomic mass is 32.1. The number of carbonyl (C=O) groups is 1. The molecule has 0 heterocycles. The van der Waals surface area contributed by atoms with E-state index in [9.17, 15) is 4.79 Å². The zero-order chi connectivity index (χ0) is 9.40. The maximum atomic E-state index is 11.0. The van der Waals surface area contributed by atoms with Crippen molar-refractivity contribution in [3.05, 3.63) is 0 Å². The number of nitrogens with one attached hydrogen (secondary N) is 1. The Hall–Kier alpha value is -0.220. The maximum absolute atomic E-state index is 11.0. The lowest BCUT2D eigenvalue weighted by Gasteiger charge is -2.12. The van der Waals surface area contributed by atoms with E-state index in [1.54, 1.807) is 0 Å². The van der Waals surface area contributed by atoms with Gasteiger partial charge in [0.05, 0.1) is 6.61 Å². The highest BCUT2D eigenvalue weighted by Crippen LogP contribution is 1.88. The molecule has 0 aromatic rings. The predicted molar refractivity (Wildman–Crippen MR) is 52.6 cm³/mol. The minimum absolute atomic E-state index is 0.0391. The number of hydrogen-bond donors (Lipinski definition) is 2. The van der Waals surface area contributed by atoms with Gasteiger partial charge in [-0.05, 0) is 19.6 Å². The summed E-state index contributed by atoms with van der Waals surface area (Å²) in [5.41, 5.74) is 0. The molecule has 0 rings (SSSR count). The summed E-state index contributed by atoms with van der Waals surface area (Å²) in [6.45, 7) is 5.12. The monoisotopic (exact) mass is 191 g/mol. The molecule has 0 bridgehead atoms. The van der Waals surface area contributed by atoms with Crippen molar-refractivity contribution in [1.82, 2.24) is 5.32 Å². The molecule has 12 heavy (non-hydrogen) atoms. The van der Waals surface area contributed by atoms with E-state index < -0.39 is 0 Å². The van der Waals surface area contributed by atoms with Crippen molar-refractivity contribution < 1.29 is 9.53 Å². The second-order valence-electron chi connectivity index (χ2n) is 2.60. The molecule has 0 fully saturated rings. The van der Waals surface area contributed by atoms with Crippen LogP contribution in [0, 0.1) is 0 Å². The molecule has 0 spiro atoms. The van der Waals surface area contributed by atoms with Gasteiger partial charge in [0.15, 0.2) is 0 Å². The highest BCUT2D eigenvalue weighted by molar-refractivity contribution is 7.80. The zero-order valence-corrected chi connectivity index (χ0v) is 8.56. The lowest BCUT2D eigenvalue weighted by atomic mass is 10.3. The number of rotatable bonds is 6. The number of carbonyl (C=O) groups excluding carboxylic acids is 1. The first-order valence-electron chi connectivity index (χ1n) is 4.18. The minimum atomic E-state index is 0.0391. The van der Waals surface area contributed by atoms with Gasteiger partial charge in [-0.2, -0.15) is 12.6 Å². The second-order valence-corrected chi connectivity index (χ2v) is 3.05. The Labute approximate surface area is 79.3 Å². The Balaban J connectivity index is 3.40. The zero-order valence-electron chi connectivity index (χ0n) is 7.67. The molecule has 3 nitrogen and oxygen atoms in total. The van der Waals surface area contributed by atoms with Gasteiger partial charge in [-0.25, -0.2) is 0 Å². The first-order valence-corrected chi connectivity index (χ1v) is 4.82. The lowest BCUT2D eigenvalue weighted by Crippen LogP contribution is -2.35. The van der Waals surface area contributed by atoms with E-state index >= 15 is 0 Å². The summed E-state index contributed by atoms with van der Waals surface area (Å²) in [6.07, 6.45) is 0.472. The fourth-order valence-electron chi connectivity index (χ4n) is 0.785. The first-order chi connectivity index (χ1) is 5.70. The standard InChI is InChI=1S/C8H17NO2S/c1-3-11-6-7(2)9-8(10)4-5-12/h7,12H,3-6H2,1-2H3,(H,9,10). The number of hydrogen-bond acceptors (Lipinski definition) is 3. The van der Waals surface area contributed by atoms with Crippen LogP contribution in [-0.4, -0.2) is 30.9 Å². The summed E-state index contributed by atoms with van der Waals surface area (Å²) in [6, 6.07) is 0.0948. The van der Waals surface area contributed by atoms with E-state index in [-0.39, 0.29) is 11.9 Å². The Bertz CT molecular complexity index is 130. The molecule has 4 heteroatoms. The van der Waals surface area contributed by atoms with Crippen molar-refractivity contribution in [3.8, 4) is 0 Å². The van der Waals surface area contributed by atoms with Crippen LogP contribution < -0.4 is 5.32 Å². The maximum Gasteiger partial charge on any atom is 0.221 e. The van der Waals surface area contributed by atoms with Gasteiger partial charge in [-0.3, -0.25) is 4.79 Å². The number of ether oxygens (including phenoxy) is 1. The number of amides is 1. The average Bonchev–Trinajstić information content (AvgIpc) is 2.01. The molecule has 1 amide bonds. The van der Waals surface area contributed by atoms with Crippen LogP contribution in [0.1, 0.15) is 20.3 Å². The molecule has 1 atom stereocenters. The quantitative estimate of drug-likeness (QED) is 0.611. The summed E-state index contributed by atoms with van der Waals surface area (Å²) in [4.78, 5) is 11.0. The van der Waals surface area contributed by atoms with E-state index in [0.717, 1.165) is 0 Å².